The van der Waals surface area contributed by atoms with Gasteiger partial charge >= 0.3 is 11.9 Å². The van der Waals surface area contributed by atoms with E-state index in [0.29, 0.717) is 11.3 Å². The quantitative estimate of drug-likeness (QED) is 0.0759. The molecule has 35 heavy (non-hydrogen) atoms. The lowest BCUT2D eigenvalue weighted by Gasteiger charge is -2.49. The molecule has 2 amide bonds. The van der Waals surface area contributed by atoms with Crippen LogP contribution in [0.3, 0.4) is 0 Å². The Bertz CT molecular complexity index is 945. The zero-order valence-corrected chi connectivity index (χ0v) is 21.6. The molecule has 0 radical (unpaired) electrons. The molecule has 0 aliphatic carbocycles. The number of hydrogen-bond donors (Lipinski definition) is 1. The lowest BCUT2D eigenvalue weighted by Crippen LogP contribution is -2.71. The number of fused-ring (bicyclic) bond motifs is 1. The topological polar surface area (TPSA) is 150 Å². The molecule has 1 saturated heterocycles. The first kappa shape index (κ1) is 28.6. The van der Waals surface area contributed by atoms with E-state index in [-0.39, 0.29) is 24.1 Å². The number of nitrogens with zero attached hydrogens (tertiary/aromatic N) is 2. The van der Waals surface area contributed by atoms with Gasteiger partial charge in [-0.15, -0.1) is 23.4 Å². The minimum Gasteiger partial charge on any atom is -0.428 e. The van der Waals surface area contributed by atoms with Crippen molar-refractivity contribution in [2.45, 2.75) is 38.6 Å². The number of hydrogen-bond acceptors (Lipinski definition) is 11. The highest BCUT2D eigenvalue weighted by Gasteiger charge is 2.54. The van der Waals surface area contributed by atoms with Gasteiger partial charge in [-0.05, 0) is 11.0 Å². The van der Waals surface area contributed by atoms with Crippen LogP contribution in [0, 0.1) is 5.41 Å². The summed E-state index contributed by atoms with van der Waals surface area (Å²) in [7, 11) is 2.59. The summed E-state index contributed by atoms with van der Waals surface area (Å²) in [6.45, 7) is 5.03. The first-order valence-electron chi connectivity index (χ1n) is 10.4. The number of carbonyl (C=O) groups excluding carboxylic acids is 5. The average molecular weight is 534 g/mol. The molecule has 14 heteroatoms. The molecule has 0 aromatic carbocycles. The molecular formula is C21H28ClN3O9S. The predicted molar refractivity (Wildman–Crippen MR) is 125 cm³/mol. The van der Waals surface area contributed by atoms with Crippen LogP contribution in [0.25, 0.3) is 0 Å². The summed E-state index contributed by atoms with van der Waals surface area (Å²) in [6.07, 6.45) is 0.132. The van der Waals surface area contributed by atoms with Crippen molar-refractivity contribution >= 4 is 58.6 Å². The molecule has 1 fully saturated rings. The van der Waals surface area contributed by atoms with Gasteiger partial charge in [-0.25, -0.2) is 4.79 Å². The van der Waals surface area contributed by atoms with Gasteiger partial charge in [0.1, 0.15) is 24.2 Å². The van der Waals surface area contributed by atoms with E-state index in [2.05, 4.69) is 15.3 Å². The molecular weight excluding hydrogens is 506 g/mol. The zero-order chi connectivity index (χ0) is 26.3. The highest BCUT2D eigenvalue weighted by atomic mass is 35.5. The number of methoxy groups -OCH3 is 1. The highest BCUT2D eigenvalue weighted by molar-refractivity contribution is 8.00. The Kier molecular flexibility index (Phi) is 10.1. The van der Waals surface area contributed by atoms with Gasteiger partial charge in [0.15, 0.2) is 0 Å². The van der Waals surface area contributed by atoms with Crippen LogP contribution >= 0.6 is 23.4 Å². The van der Waals surface area contributed by atoms with Crippen LogP contribution in [-0.2, 0) is 43.0 Å². The van der Waals surface area contributed by atoms with Crippen molar-refractivity contribution in [3.05, 3.63) is 11.3 Å². The lowest BCUT2D eigenvalue weighted by atomic mass is 9.93. The van der Waals surface area contributed by atoms with Gasteiger partial charge in [0.05, 0.1) is 18.9 Å². The van der Waals surface area contributed by atoms with Crippen molar-refractivity contribution in [3.63, 3.8) is 0 Å². The van der Waals surface area contributed by atoms with Crippen LogP contribution in [0.2, 0.25) is 0 Å². The molecule has 2 aliphatic heterocycles. The van der Waals surface area contributed by atoms with E-state index in [1.165, 1.54) is 23.8 Å². The van der Waals surface area contributed by atoms with Crippen molar-refractivity contribution in [1.29, 1.82) is 0 Å². The number of esters is 2. The summed E-state index contributed by atoms with van der Waals surface area (Å²) >= 11 is 6.78. The van der Waals surface area contributed by atoms with Gasteiger partial charge in [-0.3, -0.25) is 24.1 Å². The number of ether oxygens (including phenoxy) is 3. The van der Waals surface area contributed by atoms with Gasteiger partial charge in [-0.2, -0.15) is 0 Å². The van der Waals surface area contributed by atoms with Crippen molar-refractivity contribution in [2.24, 2.45) is 10.6 Å². The fraction of sp³-hybridized carbons (Fsp3) is 0.619. The first-order valence-corrected chi connectivity index (χ1v) is 12.0. The summed E-state index contributed by atoms with van der Waals surface area (Å²) in [6, 6.07) is -1.03. The standard InChI is InChI=1S/C21H28ClN3O9S/c1-21(2,3)6-13(27)33-10-34-20(30)16-11(8-31-4)9-35-19-15(18(29)25(16)19)23-17(28)14(24-32-5)12(26)7-22/h15,19H,6-10H2,1-5H3,(H,23,28)/b24-14-/t15?,19-/m1/s1. The van der Waals surface area contributed by atoms with Gasteiger partial charge < -0.3 is 24.4 Å². The third-order valence-electron chi connectivity index (χ3n) is 4.71. The predicted octanol–water partition coefficient (Wildman–Crippen LogP) is 0.577. The number of carbonyl (C=O) groups is 5. The van der Waals surface area contributed by atoms with E-state index in [1.54, 1.807) is 0 Å². The van der Waals surface area contributed by atoms with E-state index in [0.717, 1.165) is 7.11 Å². The minimum absolute atomic E-state index is 0.0411. The molecule has 0 spiro atoms. The molecule has 2 rings (SSSR count). The average Bonchev–Trinajstić information content (AvgIpc) is 2.78. The van der Waals surface area contributed by atoms with Crippen molar-refractivity contribution in [1.82, 2.24) is 10.2 Å². The molecule has 0 aromatic rings. The summed E-state index contributed by atoms with van der Waals surface area (Å²) in [4.78, 5) is 67.6. The number of thioether (sulfide) groups is 1. The number of oxime groups is 1. The maximum atomic E-state index is 12.9. The SMILES string of the molecule is COCC1=C(C(=O)OCOC(=O)CC(C)(C)C)N2C(=O)C(NC(=O)/C(=N\OC)C(=O)CCl)[C@H]2SC1. The fourth-order valence-electron chi connectivity index (χ4n) is 3.24. The number of Topliss-reactive ketones (excluding diaryl/α,β-unsaturated/α-hetero) is 1. The van der Waals surface area contributed by atoms with Gasteiger partial charge in [-0.1, -0.05) is 25.9 Å². The number of amides is 2. The van der Waals surface area contributed by atoms with Crippen LogP contribution in [0.4, 0.5) is 0 Å². The highest BCUT2D eigenvalue weighted by Crippen LogP contribution is 2.40. The molecule has 1 unspecified atom stereocenters. The molecule has 194 valence electrons. The molecule has 0 bridgehead atoms. The first-order chi connectivity index (χ1) is 16.4. The molecule has 12 nitrogen and oxygen atoms in total. The second-order valence-electron chi connectivity index (χ2n) is 8.73. The Hall–Kier alpha value is -2.64. The lowest BCUT2D eigenvalue weighted by molar-refractivity contribution is -0.169. The number of β-lactam (4-membered cyclic amide) rings is 1. The number of alkyl halides is 1. The zero-order valence-electron chi connectivity index (χ0n) is 20.0. The van der Waals surface area contributed by atoms with E-state index in [4.69, 9.17) is 25.8 Å². The van der Waals surface area contributed by atoms with Gasteiger partial charge in [0.2, 0.25) is 18.3 Å². The maximum Gasteiger partial charge on any atom is 0.358 e. The maximum absolute atomic E-state index is 12.9. The third kappa shape index (κ3) is 7.18. The fourth-order valence-corrected chi connectivity index (χ4v) is 4.70. The van der Waals surface area contributed by atoms with Crippen LogP contribution in [0.5, 0.6) is 0 Å². The largest absolute Gasteiger partial charge is 0.428 e. The number of halogens is 1. The van der Waals surface area contributed by atoms with Gasteiger partial charge in [0, 0.05) is 12.9 Å². The van der Waals surface area contributed by atoms with Crippen LogP contribution in [-0.4, -0.2) is 90.8 Å². The van der Waals surface area contributed by atoms with E-state index in [1.807, 2.05) is 20.8 Å². The monoisotopic (exact) mass is 533 g/mol. The Morgan fingerprint density at radius 1 is 1.20 bits per heavy atom. The number of nitrogens with one attached hydrogen (secondary N) is 1. The van der Waals surface area contributed by atoms with Crippen LogP contribution in [0.15, 0.2) is 16.4 Å². The minimum atomic E-state index is -1.03. The molecule has 1 N–H and O–H groups in total. The summed E-state index contributed by atoms with van der Waals surface area (Å²) in [5, 5.41) is 5.17. The van der Waals surface area contributed by atoms with Gasteiger partial charge in [0.25, 0.3) is 11.8 Å². The smallest absolute Gasteiger partial charge is 0.358 e. The van der Waals surface area contributed by atoms with Crippen molar-refractivity contribution in [3.8, 4) is 0 Å². The summed E-state index contributed by atoms with van der Waals surface area (Å²) < 4.78 is 15.2. The molecule has 0 aromatic heterocycles. The summed E-state index contributed by atoms with van der Waals surface area (Å²) in [5.74, 6) is -3.91. The molecule has 0 saturated carbocycles. The van der Waals surface area contributed by atoms with E-state index >= 15 is 0 Å². The Balaban J connectivity index is 2.11. The Labute approximate surface area is 211 Å². The molecule has 2 atom stereocenters. The number of ketones is 1. The Morgan fingerprint density at radius 3 is 2.46 bits per heavy atom. The molecule has 2 heterocycles. The van der Waals surface area contributed by atoms with Crippen molar-refractivity contribution in [2.75, 3.05) is 39.3 Å². The van der Waals surface area contributed by atoms with Crippen LogP contribution in [0.1, 0.15) is 27.2 Å². The Morgan fingerprint density at radius 2 is 1.89 bits per heavy atom. The summed E-state index contributed by atoms with van der Waals surface area (Å²) in [5.41, 5.74) is -0.422. The third-order valence-corrected chi connectivity index (χ3v) is 6.30. The van der Waals surface area contributed by atoms with E-state index in [9.17, 15) is 24.0 Å². The van der Waals surface area contributed by atoms with E-state index < -0.39 is 59.3 Å². The van der Waals surface area contributed by atoms with Crippen LogP contribution < -0.4 is 5.32 Å². The second-order valence-corrected chi connectivity index (χ2v) is 10.1. The second kappa shape index (κ2) is 12.4. The molecule has 2 aliphatic rings. The van der Waals surface area contributed by atoms with Crippen molar-refractivity contribution < 1.29 is 43.0 Å². The normalized spacial score (nSPS) is 20.0. The number of rotatable bonds is 11.